The Morgan fingerprint density at radius 3 is 3.00 bits per heavy atom. The normalized spacial score (nSPS) is 20.6. The first kappa shape index (κ1) is 15.3. The molecule has 0 saturated carbocycles. The van der Waals surface area contributed by atoms with Crippen LogP contribution in [0.1, 0.15) is 25.7 Å². The van der Waals surface area contributed by atoms with Gasteiger partial charge in [-0.1, -0.05) is 12.2 Å². The number of hydrogen-bond donors (Lipinski definition) is 2. The zero-order valence-electron chi connectivity index (χ0n) is 11.0. The Morgan fingerprint density at radius 2 is 2.33 bits per heavy atom. The van der Waals surface area contributed by atoms with Gasteiger partial charge in [0.1, 0.15) is 0 Å². The molecule has 1 heterocycles. The predicted octanol–water partition coefficient (Wildman–Crippen LogP) is 0.280. The number of nitrogens with one attached hydrogen (secondary N) is 1. The number of amides is 1. The van der Waals surface area contributed by atoms with E-state index in [1.54, 1.807) is 7.11 Å². The lowest BCUT2D eigenvalue weighted by atomic mass is 10.1. The number of carbonyl (C=O) groups is 1. The van der Waals surface area contributed by atoms with Crippen LogP contribution in [0.15, 0.2) is 0 Å². The summed E-state index contributed by atoms with van der Waals surface area (Å²) in [6.45, 7) is 2.85. The maximum Gasteiger partial charge on any atom is 0.237 e. The summed E-state index contributed by atoms with van der Waals surface area (Å²) in [5, 5.41) is 2.95. The molecule has 0 spiro atoms. The van der Waals surface area contributed by atoms with Gasteiger partial charge < -0.3 is 15.8 Å². The Balaban J connectivity index is 2.59. The summed E-state index contributed by atoms with van der Waals surface area (Å²) in [5.41, 5.74) is 5.54. The lowest BCUT2D eigenvalue weighted by Crippen LogP contribution is -2.47. The number of ether oxygens (including phenoxy) is 1. The number of hydrogen-bond acceptors (Lipinski definition) is 4. The number of rotatable bonds is 7. The molecule has 104 valence electrons. The number of nitrogens with zero attached hydrogens (tertiary/aromatic N) is 1. The number of thiocarbonyl (C=S) groups is 1. The van der Waals surface area contributed by atoms with Gasteiger partial charge in [-0.15, -0.1) is 0 Å². The molecule has 1 rings (SSSR count). The van der Waals surface area contributed by atoms with Crippen molar-refractivity contribution >= 4 is 23.1 Å². The fourth-order valence-corrected chi connectivity index (χ4v) is 2.25. The van der Waals surface area contributed by atoms with Crippen molar-refractivity contribution in [2.45, 2.75) is 31.7 Å². The largest absolute Gasteiger partial charge is 0.393 e. The topological polar surface area (TPSA) is 67.6 Å². The van der Waals surface area contributed by atoms with Gasteiger partial charge in [-0.25, -0.2) is 0 Å². The van der Waals surface area contributed by atoms with Crippen LogP contribution in [-0.4, -0.2) is 55.2 Å². The summed E-state index contributed by atoms with van der Waals surface area (Å²) in [5.74, 6) is 0.117. The Labute approximate surface area is 114 Å². The van der Waals surface area contributed by atoms with Crippen LogP contribution in [0.25, 0.3) is 0 Å². The van der Waals surface area contributed by atoms with E-state index in [-0.39, 0.29) is 11.9 Å². The lowest BCUT2D eigenvalue weighted by molar-refractivity contribution is -0.126. The van der Waals surface area contributed by atoms with E-state index in [0.717, 1.165) is 38.9 Å². The van der Waals surface area contributed by atoms with Crippen LogP contribution in [0, 0.1) is 0 Å². The second-order valence-electron chi connectivity index (χ2n) is 4.55. The minimum atomic E-state index is -0.0722. The van der Waals surface area contributed by atoms with E-state index >= 15 is 0 Å². The van der Waals surface area contributed by atoms with Gasteiger partial charge in [0.05, 0.1) is 17.6 Å². The third-order valence-electron chi connectivity index (χ3n) is 3.18. The molecule has 0 bridgehead atoms. The second-order valence-corrected chi connectivity index (χ2v) is 5.07. The van der Waals surface area contributed by atoms with Gasteiger partial charge in [-0.2, -0.15) is 0 Å². The van der Waals surface area contributed by atoms with Crippen molar-refractivity contribution < 1.29 is 9.53 Å². The molecule has 0 aromatic heterocycles. The molecular formula is C12H23N3O2S. The lowest BCUT2D eigenvalue weighted by Gasteiger charge is -2.29. The van der Waals surface area contributed by atoms with Crippen molar-refractivity contribution in [2.75, 3.05) is 33.4 Å². The van der Waals surface area contributed by atoms with Gasteiger partial charge >= 0.3 is 0 Å². The van der Waals surface area contributed by atoms with E-state index in [1.807, 2.05) is 0 Å². The summed E-state index contributed by atoms with van der Waals surface area (Å²) in [6.07, 6.45) is 3.66. The maximum absolute atomic E-state index is 12.0. The molecule has 1 fully saturated rings. The molecule has 6 heteroatoms. The highest BCUT2D eigenvalue weighted by atomic mass is 32.1. The summed E-state index contributed by atoms with van der Waals surface area (Å²) in [6, 6.07) is -0.0722. The van der Waals surface area contributed by atoms with Crippen LogP contribution in [-0.2, 0) is 9.53 Å². The molecule has 1 amide bonds. The molecule has 3 N–H and O–H groups in total. The number of carbonyl (C=O) groups excluding carboxylic acids is 1. The second kappa shape index (κ2) is 8.39. The molecule has 5 nitrogen and oxygen atoms in total. The molecule has 0 radical (unpaired) electrons. The molecule has 18 heavy (non-hydrogen) atoms. The smallest absolute Gasteiger partial charge is 0.237 e. The predicted molar refractivity (Wildman–Crippen MR) is 75.5 cm³/mol. The average Bonchev–Trinajstić information content (AvgIpc) is 2.54. The van der Waals surface area contributed by atoms with Crippen LogP contribution in [0.4, 0.5) is 0 Å². The summed E-state index contributed by atoms with van der Waals surface area (Å²) in [4.78, 5) is 14.6. The third-order valence-corrected chi connectivity index (χ3v) is 3.38. The number of methoxy groups -OCH3 is 1. The van der Waals surface area contributed by atoms with Crippen LogP contribution in [0.2, 0.25) is 0 Å². The Bertz CT molecular complexity index is 286. The van der Waals surface area contributed by atoms with Gasteiger partial charge in [0, 0.05) is 33.2 Å². The minimum absolute atomic E-state index is 0.0722. The van der Waals surface area contributed by atoms with Gasteiger partial charge in [-0.3, -0.25) is 9.69 Å². The molecule has 1 saturated heterocycles. The molecule has 0 aromatic carbocycles. The fourth-order valence-electron chi connectivity index (χ4n) is 2.16. The van der Waals surface area contributed by atoms with Crippen molar-refractivity contribution in [1.29, 1.82) is 0 Å². The highest BCUT2D eigenvalue weighted by Crippen LogP contribution is 2.13. The monoisotopic (exact) mass is 273 g/mol. The SMILES string of the molecule is COCCN(CCC(N)=S)C1CCCCNC1=O. The first-order chi connectivity index (χ1) is 8.65. The quantitative estimate of drug-likeness (QED) is 0.652. The van der Waals surface area contributed by atoms with Crippen LogP contribution < -0.4 is 11.1 Å². The van der Waals surface area contributed by atoms with E-state index in [1.165, 1.54) is 0 Å². The van der Waals surface area contributed by atoms with E-state index in [4.69, 9.17) is 22.7 Å². The van der Waals surface area contributed by atoms with E-state index in [9.17, 15) is 4.79 Å². The minimum Gasteiger partial charge on any atom is -0.393 e. The first-order valence-corrected chi connectivity index (χ1v) is 6.85. The van der Waals surface area contributed by atoms with Crippen LogP contribution in [0.5, 0.6) is 0 Å². The Morgan fingerprint density at radius 1 is 1.56 bits per heavy atom. The van der Waals surface area contributed by atoms with Crippen LogP contribution >= 0.6 is 12.2 Å². The van der Waals surface area contributed by atoms with Gasteiger partial charge in [0.25, 0.3) is 0 Å². The van der Waals surface area contributed by atoms with Gasteiger partial charge in [-0.05, 0) is 19.3 Å². The van der Waals surface area contributed by atoms with Crippen molar-refractivity contribution in [3.63, 3.8) is 0 Å². The summed E-state index contributed by atoms with van der Waals surface area (Å²) < 4.78 is 5.10. The zero-order valence-corrected chi connectivity index (χ0v) is 11.8. The highest BCUT2D eigenvalue weighted by molar-refractivity contribution is 7.80. The van der Waals surface area contributed by atoms with Crippen LogP contribution in [0.3, 0.4) is 0 Å². The molecule has 1 aliphatic heterocycles. The summed E-state index contributed by atoms with van der Waals surface area (Å²) >= 11 is 4.90. The van der Waals surface area contributed by atoms with E-state index in [2.05, 4.69) is 10.2 Å². The van der Waals surface area contributed by atoms with E-state index < -0.39 is 0 Å². The molecule has 0 aromatic rings. The first-order valence-electron chi connectivity index (χ1n) is 6.44. The summed E-state index contributed by atoms with van der Waals surface area (Å²) in [7, 11) is 1.67. The zero-order chi connectivity index (χ0) is 13.4. The Kier molecular flexibility index (Phi) is 7.15. The van der Waals surface area contributed by atoms with Gasteiger partial charge in [0.2, 0.25) is 5.91 Å². The Hall–Kier alpha value is -0.720. The number of nitrogens with two attached hydrogens (primary N) is 1. The van der Waals surface area contributed by atoms with Crippen molar-refractivity contribution in [3.05, 3.63) is 0 Å². The maximum atomic E-state index is 12.0. The third kappa shape index (κ3) is 5.29. The van der Waals surface area contributed by atoms with Crippen molar-refractivity contribution in [1.82, 2.24) is 10.2 Å². The molecule has 1 unspecified atom stereocenters. The fraction of sp³-hybridized carbons (Fsp3) is 0.833. The van der Waals surface area contributed by atoms with Crippen molar-refractivity contribution in [2.24, 2.45) is 5.73 Å². The molecule has 1 aliphatic rings. The van der Waals surface area contributed by atoms with E-state index in [0.29, 0.717) is 18.0 Å². The van der Waals surface area contributed by atoms with Crippen molar-refractivity contribution in [3.8, 4) is 0 Å². The average molecular weight is 273 g/mol. The molecule has 1 atom stereocenters. The highest BCUT2D eigenvalue weighted by Gasteiger charge is 2.26. The molecular weight excluding hydrogens is 250 g/mol. The standard InChI is InChI=1S/C12H23N3O2S/c1-17-9-8-15(7-5-11(13)18)10-4-2-3-6-14-12(10)16/h10H,2-9H2,1H3,(H2,13,18)(H,14,16). The van der Waals surface area contributed by atoms with Gasteiger partial charge in [0.15, 0.2) is 0 Å². The molecule has 0 aliphatic carbocycles.